The van der Waals surface area contributed by atoms with Crippen LogP contribution in [0.5, 0.6) is 0 Å². The van der Waals surface area contributed by atoms with Crippen molar-refractivity contribution in [2.75, 3.05) is 32.7 Å². The maximum absolute atomic E-state index is 13.1. The fourth-order valence-corrected chi connectivity index (χ4v) is 3.84. The molecule has 1 aliphatic rings. The van der Waals surface area contributed by atoms with E-state index >= 15 is 0 Å². The first-order valence-corrected chi connectivity index (χ1v) is 11.2. The van der Waals surface area contributed by atoms with Crippen LogP contribution in [-0.2, 0) is 9.59 Å². The van der Waals surface area contributed by atoms with Crippen molar-refractivity contribution in [3.8, 4) is 0 Å². The molecule has 1 aromatic carbocycles. The second-order valence-corrected chi connectivity index (χ2v) is 9.13. The molecular formula is C21H26BrF3N4O5. The molecule has 188 valence electrons. The first-order valence-electron chi connectivity index (χ1n) is 10.4. The molecule has 13 heteroatoms. The quantitative estimate of drug-likeness (QED) is 0.426. The summed E-state index contributed by atoms with van der Waals surface area (Å²) in [5, 5.41) is 13.6. The number of ketones is 1. The highest BCUT2D eigenvalue weighted by molar-refractivity contribution is 9.10. The van der Waals surface area contributed by atoms with Crippen LogP contribution in [0.4, 0.5) is 18.0 Å². The Labute approximate surface area is 202 Å². The Bertz CT molecular complexity index is 911. The standard InChI is InChI=1S/C21H26BrF3N4O5/c1-12(2)17(27-20(33)34)19(32)29-8-7-28(11-21(23,24)25)10-15(29)18(31)26-9-16(30)13-3-5-14(22)6-4-13/h3-6,12,15,17,27H,7-11H2,1-2H3,(H,26,31)(H,33,34). The number of carbonyl (C=O) groups is 4. The lowest BCUT2D eigenvalue weighted by molar-refractivity contribution is -0.160. The molecule has 34 heavy (non-hydrogen) atoms. The van der Waals surface area contributed by atoms with Gasteiger partial charge >= 0.3 is 12.3 Å². The maximum atomic E-state index is 13.1. The Kier molecular flexibility index (Phi) is 9.45. The first-order chi connectivity index (χ1) is 15.8. The molecule has 3 amide bonds. The smallest absolute Gasteiger partial charge is 0.405 e. The van der Waals surface area contributed by atoms with E-state index in [2.05, 4.69) is 26.6 Å². The number of hydrogen-bond acceptors (Lipinski definition) is 5. The van der Waals surface area contributed by atoms with Gasteiger partial charge in [0.15, 0.2) is 5.78 Å². The van der Waals surface area contributed by atoms with Gasteiger partial charge in [-0.1, -0.05) is 41.9 Å². The number of nitrogens with zero attached hydrogens (tertiary/aromatic N) is 2. The summed E-state index contributed by atoms with van der Waals surface area (Å²) in [4.78, 5) is 51.6. The average molecular weight is 551 g/mol. The molecule has 9 nitrogen and oxygen atoms in total. The van der Waals surface area contributed by atoms with E-state index < -0.39 is 67.5 Å². The Morgan fingerprint density at radius 1 is 1.15 bits per heavy atom. The van der Waals surface area contributed by atoms with Gasteiger partial charge < -0.3 is 20.6 Å². The summed E-state index contributed by atoms with van der Waals surface area (Å²) >= 11 is 3.25. The van der Waals surface area contributed by atoms with Gasteiger partial charge in [0, 0.05) is 29.7 Å². The number of halogens is 4. The first kappa shape index (κ1) is 27.6. The van der Waals surface area contributed by atoms with E-state index in [9.17, 15) is 32.3 Å². The number of benzene rings is 1. The number of Topliss-reactive ketones (excluding diaryl/α,β-unsaturated/α-hetero) is 1. The van der Waals surface area contributed by atoms with Crippen LogP contribution in [0.2, 0.25) is 0 Å². The lowest BCUT2D eigenvalue weighted by atomic mass is 10.0. The van der Waals surface area contributed by atoms with Crippen molar-refractivity contribution >= 4 is 39.6 Å². The number of rotatable bonds is 8. The summed E-state index contributed by atoms with van der Waals surface area (Å²) in [5.41, 5.74) is 0.323. The van der Waals surface area contributed by atoms with Crippen molar-refractivity contribution in [3.63, 3.8) is 0 Å². The van der Waals surface area contributed by atoms with Gasteiger partial charge in [-0.25, -0.2) is 4.79 Å². The van der Waals surface area contributed by atoms with Gasteiger partial charge in [0.05, 0.1) is 13.1 Å². The molecule has 1 aliphatic heterocycles. The summed E-state index contributed by atoms with van der Waals surface area (Å²) in [5.74, 6) is -2.42. The lowest BCUT2D eigenvalue weighted by Gasteiger charge is -2.42. The third-order valence-corrected chi connectivity index (χ3v) is 5.78. The minimum absolute atomic E-state index is 0.148. The molecule has 0 saturated carbocycles. The minimum Gasteiger partial charge on any atom is -0.465 e. The zero-order valence-corrected chi connectivity index (χ0v) is 20.1. The Balaban J connectivity index is 2.19. The van der Waals surface area contributed by atoms with Crippen LogP contribution in [0.1, 0.15) is 24.2 Å². The van der Waals surface area contributed by atoms with Gasteiger partial charge in [-0.2, -0.15) is 13.2 Å². The van der Waals surface area contributed by atoms with Gasteiger partial charge in [0.25, 0.3) is 0 Å². The largest absolute Gasteiger partial charge is 0.465 e. The fraction of sp³-hybridized carbons (Fsp3) is 0.524. The Morgan fingerprint density at radius 3 is 2.29 bits per heavy atom. The number of carbonyl (C=O) groups excluding carboxylic acids is 3. The number of carboxylic acid groups (broad SMARTS) is 1. The van der Waals surface area contributed by atoms with E-state index in [-0.39, 0.29) is 13.1 Å². The van der Waals surface area contributed by atoms with Crippen molar-refractivity contribution in [3.05, 3.63) is 34.3 Å². The number of amides is 3. The normalized spacial score (nSPS) is 17.9. The summed E-state index contributed by atoms with van der Waals surface area (Å²) in [6.07, 6.45) is -5.94. The van der Waals surface area contributed by atoms with E-state index in [1.807, 2.05) is 0 Å². The summed E-state index contributed by atoms with van der Waals surface area (Å²) < 4.78 is 39.5. The van der Waals surface area contributed by atoms with E-state index in [1.54, 1.807) is 38.1 Å². The highest BCUT2D eigenvalue weighted by Gasteiger charge is 2.42. The highest BCUT2D eigenvalue weighted by Crippen LogP contribution is 2.21. The van der Waals surface area contributed by atoms with Crippen LogP contribution < -0.4 is 10.6 Å². The predicted octanol–water partition coefficient (Wildman–Crippen LogP) is 2.12. The molecule has 2 atom stereocenters. The zero-order chi connectivity index (χ0) is 25.6. The summed E-state index contributed by atoms with van der Waals surface area (Å²) in [6.45, 7) is 0.746. The van der Waals surface area contributed by atoms with Crippen LogP contribution in [0.15, 0.2) is 28.7 Å². The second-order valence-electron chi connectivity index (χ2n) is 8.22. The molecule has 2 unspecified atom stereocenters. The average Bonchev–Trinajstić information content (AvgIpc) is 2.74. The third-order valence-electron chi connectivity index (χ3n) is 5.25. The molecule has 1 fully saturated rings. The summed E-state index contributed by atoms with van der Waals surface area (Å²) in [7, 11) is 0. The Hall–Kier alpha value is -2.67. The zero-order valence-electron chi connectivity index (χ0n) is 18.6. The number of hydrogen-bond donors (Lipinski definition) is 3. The van der Waals surface area contributed by atoms with Crippen molar-refractivity contribution in [1.29, 1.82) is 0 Å². The minimum atomic E-state index is -4.50. The van der Waals surface area contributed by atoms with Gasteiger partial charge in [-0.15, -0.1) is 0 Å². The van der Waals surface area contributed by atoms with Crippen LogP contribution in [-0.4, -0.2) is 89.6 Å². The van der Waals surface area contributed by atoms with Crippen molar-refractivity contribution < 1.29 is 37.5 Å². The summed E-state index contributed by atoms with van der Waals surface area (Å²) in [6, 6.07) is 3.86. The predicted molar refractivity (Wildman–Crippen MR) is 119 cm³/mol. The monoisotopic (exact) mass is 550 g/mol. The van der Waals surface area contributed by atoms with E-state index in [0.29, 0.717) is 5.56 Å². The van der Waals surface area contributed by atoms with E-state index in [0.717, 1.165) is 14.3 Å². The molecule has 2 rings (SSSR count). The highest BCUT2D eigenvalue weighted by atomic mass is 79.9. The van der Waals surface area contributed by atoms with Gasteiger partial charge in [0.1, 0.15) is 12.1 Å². The van der Waals surface area contributed by atoms with Crippen molar-refractivity contribution in [2.45, 2.75) is 32.1 Å². The van der Waals surface area contributed by atoms with Crippen LogP contribution in [0.3, 0.4) is 0 Å². The molecule has 1 saturated heterocycles. The Morgan fingerprint density at radius 2 is 1.76 bits per heavy atom. The molecule has 3 N–H and O–H groups in total. The molecule has 1 aromatic rings. The van der Waals surface area contributed by atoms with Gasteiger partial charge in [0.2, 0.25) is 11.8 Å². The number of nitrogens with one attached hydrogen (secondary N) is 2. The topological polar surface area (TPSA) is 119 Å². The van der Waals surface area contributed by atoms with Crippen LogP contribution in [0, 0.1) is 5.92 Å². The number of piperazine rings is 1. The molecular weight excluding hydrogens is 525 g/mol. The molecule has 0 bridgehead atoms. The van der Waals surface area contributed by atoms with Crippen LogP contribution >= 0.6 is 15.9 Å². The number of alkyl halides is 3. The molecule has 1 heterocycles. The van der Waals surface area contributed by atoms with E-state index in [1.165, 1.54) is 0 Å². The molecule has 0 aromatic heterocycles. The molecule has 0 radical (unpaired) electrons. The van der Waals surface area contributed by atoms with Gasteiger partial charge in [-0.05, 0) is 18.1 Å². The molecule has 0 aliphatic carbocycles. The maximum Gasteiger partial charge on any atom is 0.405 e. The van der Waals surface area contributed by atoms with Crippen molar-refractivity contribution in [2.24, 2.45) is 5.92 Å². The van der Waals surface area contributed by atoms with Gasteiger partial charge in [-0.3, -0.25) is 19.3 Å². The van der Waals surface area contributed by atoms with Crippen LogP contribution in [0.25, 0.3) is 0 Å². The SMILES string of the molecule is CC(C)C(NC(=O)O)C(=O)N1CCN(CC(F)(F)F)CC1C(=O)NCC(=O)c1ccc(Br)cc1. The fourth-order valence-electron chi connectivity index (χ4n) is 3.57. The molecule has 0 spiro atoms. The van der Waals surface area contributed by atoms with E-state index in [4.69, 9.17) is 5.11 Å². The lowest BCUT2D eigenvalue weighted by Crippen LogP contribution is -2.65. The third kappa shape index (κ3) is 7.97. The second kappa shape index (κ2) is 11.6. The van der Waals surface area contributed by atoms with Crippen molar-refractivity contribution in [1.82, 2.24) is 20.4 Å².